The molecule has 0 aromatic heterocycles. The van der Waals surface area contributed by atoms with Gasteiger partial charge in [-0.3, -0.25) is 9.69 Å². The average Bonchev–Trinajstić information content (AvgIpc) is 3.06. The number of rotatable bonds is 6. The van der Waals surface area contributed by atoms with Crippen molar-refractivity contribution >= 4 is 5.91 Å². The maximum Gasteiger partial charge on any atom is 0.240 e. The van der Waals surface area contributed by atoms with Crippen molar-refractivity contribution in [2.45, 2.75) is 57.0 Å². The third kappa shape index (κ3) is 3.19. The van der Waals surface area contributed by atoms with E-state index in [1.54, 1.807) is 0 Å². The van der Waals surface area contributed by atoms with Crippen molar-refractivity contribution in [2.75, 3.05) is 19.6 Å². The number of carbonyl (C=O) groups excluding carboxylic acids is 1. The summed E-state index contributed by atoms with van der Waals surface area (Å²) < 4.78 is 0. The van der Waals surface area contributed by atoms with Gasteiger partial charge in [-0.1, -0.05) is 19.8 Å². The fourth-order valence-corrected chi connectivity index (χ4v) is 2.76. The van der Waals surface area contributed by atoms with Crippen LogP contribution >= 0.6 is 0 Å². The second-order valence-corrected chi connectivity index (χ2v) is 5.48. The Bertz CT molecular complexity index is 270. The maximum absolute atomic E-state index is 12.0. The number of carbonyl (C=O) groups is 1. The van der Waals surface area contributed by atoms with E-state index in [2.05, 4.69) is 17.1 Å². The smallest absolute Gasteiger partial charge is 0.240 e. The van der Waals surface area contributed by atoms with Crippen LogP contribution in [0, 0.1) is 0 Å². The molecule has 3 N–H and O–H groups in total. The number of hydrogen-bond donors (Lipinski definition) is 2. The molecule has 2 fully saturated rings. The van der Waals surface area contributed by atoms with Crippen LogP contribution in [0.2, 0.25) is 0 Å². The molecule has 0 saturated heterocycles. The van der Waals surface area contributed by atoms with E-state index >= 15 is 0 Å². The number of nitrogens with one attached hydrogen (secondary N) is 1. The second-order valence-electron chi connectivity index (χ2n) is 5.48. The minimum atomic E-state index is -0.573. The summed E-state index contributed by atoms with van der Waals surface area (Å²) in [4.78, 5) is 14.4. The predicted octanol–water partition coefficient (Wildman–Crippen LogP) is 0.858. The van der Waals surface area contributed by atoms with Gasteiger partial charge in [0.1, 0.15) is 0 Å². The lowest BCUT2D eigenvalue weighted by atomic mass is 9.98. The Morgan fingerprint density at radius 3 is 2.59 bits per heavy atom. The van der Waals surface area contributed by atoms with E-state index in [0.717, 1.165) is 51.4 Å². The van der Waals surface area contributed by atoms with Crippen molar-refractivity contribution in [1.82, 2.24) is 10.2 Å². The molecule has 4 nitrogen and oxygen atoms in total. The van der Waals surface area contributed by atoms with E-state index in [1.165, 1.54) is 12.8 Å². The van der Waals surface area contributed by atoms with Crippen LogP contribution in [0.25, 0.3) is 0 Å². The SMILES string of the molecule is CCN(CCNC(=O)C1(N)CCCC1)C1CC1. The van der Waals surface area contributed by atoms with Crippen molar-refractivity contribution in [3.8, 4) is 0 Å². The maximum atomic E-state index is 12.0. The summed E-state index contributed by atoms with van der Waals surface area (Å²) in [7, 11) is 0. The van der Waals surface area contributed by atoms with Gasteiger partial charge in [0, 0.05) is 19.1 Å². The first-order valence-electron chi connectivity index (χ1n) is 6.97. The highest BCUT2D eigenvalue weighted by Crippen LogP contribution is 2.27. The van der Waals surface area contributed by atoms with Gasteiger partial charge in [0.25, 0.3) is 0 Å². The van der Waals surface area contributed by atoms with Crippen LogP contribution in [0.4, 0.5) is 0 Å². The Kier molecular flexibility index (Phi) is 4.05. The summed E-state index contributed by atoms with van der Waals surface area (Å²) >= 11 is 0. The van der Waals surface area contributed by atoms with Crippen molar-refractivity contribution in [3.05, 3.63) is 0 Å². The summed E-state index contributed by atoms with van der Waals surface area (Å²) in [6.45, 7) is 4.96. The third-order valence-electron chi connectivity index (χ3n) is 4.10. The number of nitrogens with zero attached hydrogens (tertiary/aromatic N) is 1. The number of hydrogen-bond acceptors (Lipinski definition) is 3. The van der Waals surface area contributed by atoms with E-state index in [-0.39, 0.29) is 5.91 Å². The summed E-state index contributed by atoms with van der Waals surface area (Å²) in [5, 5.41) is 3.01. The Morgan fingerprint density at radius 2 is 2.06 bits per heavy atom. The van der Waals surface area contributed by atoms with Crippen molar-refractivity contribution in [2.24, 2.45) is 5.73 Å². The first-order chi connectivity index (χ1) is 8.15. The van der Waals surface area contributed by atoms with Gasteiger partial charge in [0.2, 0.25) is 5.91 Å². The lowest BCUT2D eigenvalue weighted by Crippen LogP contribution is -2.53. The molecular weight excluding hydrogens is 214 g/mol. The third-order valence-corrected chi connectivity index (χ3v) is 4.10. The van der Waals surface area contributed by atoms with Gasteiger partial charge in [-0.2, -0.15) is 0 Å². The molecule has 0 aromatic rings. The first-order valence-corrected chi connectivity index (χ1v) is 6.97. The Labute approximate surface area is 104 Å². The van der Waals surface area contributed by atoms with Gasteiger partial charge in [-0.25, -0.2) is 0 Å². The molecule has 4 heteroatoms. The van der Waals surface area contributed by atoms with Gasteiger partial charge in [0.15, 0.2) is 0 Å². The van der Waals surface area contributed by atoms with Gasteiger partial charge >= 0.3 is 0 Å². The van der Waals surface area contributed by atoms with E-state index < -0.39 is 5.54 Å². The minimum absolute atomic E-state index is 0.0573. The van der Waals surface area contributed by atoms with Gasteiger partial charge in [-0.15, -0.1) is 0 Å². The first kappa shape index (κ1) is 12.8. The van der Waals surface area contributed by atoms with Crippen molar-refractivity contribution in [3.63, 3.8) is 0 Å². The predicted molar refractivity (Wildman–Crippen MR) is 68.7 cm³/mol. The van der Waals surface area contributed by atoms with Crippen molar-refractivity contribution in [1.29, 1.82) is 0 Å². The topological polar surface area (TPSA) is 58.4 Å². The molecule has 0 bridgehead atoms. The van der Waals surface area contributed by atoms with Gasteiger partial charge < -0.3 is 11.1 Å². The molecule has 0 radical (unpaired) electrons. The monoisotopic (exact) mass is 239 g/mol. The molecule has 2 saturated carbocycles. The number of amides is 1. The molecule has 0 aromatic carbocycles. The quantitative estimate of drug-likeness (QED) is 0.723. The van der Waals surface area contributed by atoms with E-state index in [1.807, 2.05) is 0 Å². The van der Waals surface area contributed by atoms with Crippen LogP contribution in [-0.2, 0) is 4.79 Å². The second kappa shape index (κ2) is 5.36. The molecule has 0 aliphatic heterocycles. The Balaban J connectivity index is 1.68. The van der Waals surface area contributed by atoms with E-state index in [9.17, 15) is 4.79 Å². The molecule has 2 aliphatic carbocycles. The highest BCUT2D eigenvalue weighted by molar-refractivity contribution is 5.86. The van der Waals surface area contributed by atoms with Crippen LogP contribution in [-0.4, -0.2) is 42.0 Å². The Morgan fingerprint density at radius 1 is 1.41 bits per heavy atom. The average molecular weight is 239 g/mol. The Hall–Kier alpha value is -0.610. The molecule has 0 unspecified atom stereocenters. The van der Waals surface area contributed by atoms with Gasteiger partial charge in [-0.05, 0) is 32.2 Å². The zero-order valence-corrected chi connectivity index (χ0v) is 10.9. The lowest BCUT2D eigenvalue weighted by molar-refractivity contribution is -0.126. The van der Waals surface area contributed by atoms with Crippen LogP contribution in [0.5, 0.6) is 0 Å². The molecule has 98 valence electrons. The zero-order valence-electron chi connectivity index (χ0n) is 10.9. The molecule has 2 rings (SSSR count). The van der Waals surface area contributed by atoms with E-state index in [4.69, 9.17) is 5.73 Å². The normalized spacial score (nSPS) is 23.0. The summed E-state index contributed by atoms with van der Waals surface area (Å²) in [5.74, 6) is 0.0573. The summed E-state index contributed by atoms with van der Waals surface area (Å²) in [6, 6.07) is 0.773. The van der Waals surface area contributed by atoms with Crippen LogP contribution in [0.3, 0.4) is 0 Å². The molecule has 0 spiro atoms. The number of likely N-dealkylation sites (N-methyl/N-ethyl adjacent to an activating group) is 1. The fraction of sp³-hybridized carbons (Fsp3) is 0.923. The van der Waals surface area contributed by atoms with Crippen LogP contribution in [0.15, 0.2) is 0 Å². The van der Waals surface area contributed by atoms with Crippen LogP contribution in [0.1, 0.15) is 45.4 Å². The highest BCUT2D eigenvalue weighted by Gasteiger charge is 2.36. The molecule has 2 aliphatic rings. The molecule has 0 heterocycles. The van der Waals surface area contributed by atoms with Crippen molar-refractivity contribution < 1.29 is 4.79 Å². The lowest BCUT2D eigenvalue weighted by Gasteiger charge is -2.24. The standard InChI is InChI=1S/C13H25N3O/c1-2-16(11-5-6-11)10-9-15-12(17)13(14)7-3-4-8-13/h11H,2-10,14H2,1H3,(H,15,17). The van der Waals surface area contributed by atoms with Crippen LogP contribution < -0.4 is 11.1 Å². The minimum Gasteiger partial charge on any atom is -0.353 e. The van der Waals surface area contributed by atoms with Gasteiger partial charge in [0.05, 0.1) is 5.54 Å². The molecule has 17 heavy (non-hydrogen) atoms. The highest BCUT2D eigenvalue weighted by atomic mass is 16.2. The fourth-order valence-electron chi connectivity index (χ4n) is 2.76. The largest absolute Gasteiger partial charge is 0.353 e. The van der Waals surface area contributed by atoms with E-state index in [0.29, 0.717) is 0 Å². The summed E-state index contributed by atoms with van der Waals surface area (Å²) in [5.41, 5.74) is 5.53. The summed E-state index contributed by atoms with van der Waals surface area (Å²) in [6.07, 6.45) is 6.52. The molecule has 0 atom stereocenters. The zero-order chi connectivity index (χ0) is 12.3. The number of nitrogens with two attached hydrogens (primary N) is 1. The molecule has 1 amide bonds. The molecular formula is C13H25N3O.